The number of benzene rings is 1. The topological polar surface area (TPSA) is 87.1 Å². The smallest absolute Gasteiger partial charge is 0.487 e. The van der Waals surface area contributed by atoms with Crippen LogP contribution in [0, 0.1) is 37.5 Å². The fourth-order valence-electron chi connectivity index (χ4n) is 5.45. The van der Waals surface area contributed by atoms with E-state index in [1.54, 1.807) is 7.05 Å². The van der Waals surface area contributed by atoms with Gasteiger partial charge in [-0.3, -0.25) is 14.5 Å². The predicted octanol–water partition coefficient (Wildman–Crippen LogP) is 2.69. The number of fused-ring (bicyclic) bond motifs is 3. The number of carbonyl (C=O) groups is 2. The molecule has 4 rings (SSSR count). The molecule has 1 aliphatic carbocycles. The summed E-state index contributed by atoms with van der Waals surface area (Å²) >= 11 is 0. The van der Waals surface area contributed by atoms with E-state index in [1.807, 2.05) is 26.0 Å². The second kappa shape index (κ2) is 6.99. The highest BCUT2D eigenvalue weighted by Crippen LogP contribution is 2.52. The SMILES string of the molecule is Cc1cc([C@@H]2C[C@@H]3C(=C(C(C)C)C[C@@H]4C(=O)N(C)C(=O)[C@@H]43)B(O)O2)cc(C)c1O. The van der Waals surface area contributed by atoms with Gasteiger partial charge in [0.15, 0.2) is 0 Å². The number of aryl methyl sites for hydroxylation is 2. The summed E-state index contributed by atoms with van der Waals surface area (Å²) in [6.07, 6.45) is 0.629. The van der Waals surface area contributed by atoms with Gasteiger partial charge in [0.05, 0.1) is 17.9 Å². The summed E-state index contributed by atoms with van der Waals surface area (Å²) < 4.78 is 6.02. The van der Waals surface area contributed by atoms with Crippen LogP contribution in [0.2, 0.25) is 0 Å². The Balaban J connectivity index is 1.78. The van der Waals surface area contributed by atoms with Gasteiger partial charge in [-0.2, -0.15) is 0 Å². The quantitative estimate of drug-likeness (QED) is 0.592. The first-order chi connectivity index (χ1) is 13.6. The molecule has 154 valence electrons. The van der Waals surface area contributed by atoms with Crippen LogP contribution in [0.1, 0.15) is 49.5 Å². The molecule has 2 aliphatic heterocycles. The zero-order valence-corrected chi connectivity index (χ0v) is 17.6. The van der Waals surface area contributed by atoms with Crippen LogP contribution in [0.25, 0.3) is 0 Å². The van der Waals surface area contributed by atoms with Crippen LogP contribution in [-0.4, -0.2) is 41.0 Å². The predicted molar refractivity (Wildman–Crippen MR) is 109 cm³/mol. The van der Waals surface area contributed by atoms with Gasteiger partial charge in [0.2, 0.25) is 11.8 Å². The van der Waals surface area contributed by atoms with E-state index in [1.165, 1.54) is 4.90 Å². The van der Waals surface area contributed by atoms with Gasteiger partial charge in [0.25, 0.3) is 0 Å². The molecule has 2 saturated heterocycles. The van der Waals surface area contributed by atoms with Crippen molar-refractivity contribution < 1.29 is 24.4 Å². The standard InChI is InChI=1S/C22H28BNO5/c1-10(2)14-8-16-18(22(27)24(5)21(16)26)15-9-17(29-23(28)19(14)15)13-6-11(3)20(25)12(4)7-13/h6-7,10,15-18,25,28H,8-9H2,1-5H3/t15-,16-,17-,18+/m0/s1. The first-order valence-corrected chi connectivity index (χ1v) is 10.3. The van der Waals surface area contributed by atoms with Crippen molar-refractivity contribution in [2.75, 3.05) is 7.05 Å². The van der Waals surface area contributed by atoms with Crippen molar-refractivity contribution in [2.24, 2.45) is 23.7 Å². The summed E-state index contributed by atoms with van der Waals surface area (Å²) in [5.74, 6) is -0.879. The van der Waals surface area contributed by atoms with E-state index in [9.17, 15) is 19.7 Å². The minimum Gasteiger partial charge on any atom is -0.507 e. The van der Waals surface area contributed by atoms with Gasteiger partial charge >= 0.3 is 7.12 Å². The molecule has 0 spiro atoms. The molecule has 2 N–H and O–H groups in total. The zero-order valence-electron chi connectivity index (χ0n) is 17.6. The molecule has 0 aromatic heterocycles. The first kappa shape index (κ1) is 20.2. The Morgan fingerprint density at radius 2 is 1.76 bits per heavy atom. The van der Waals surface area contributed by atoms with Crippen molar-refractivity contribution in [3.05, 3.63) is 39.9 Å². The number of hydrogen-bond acceptors (Lipinski definition) is 5. The summed E-state index contributed by atoms with van der Waals surface area (Å²) in [7, 11) is 0.456. The van der Waals surface area contributed by atoms with E-state index < -0.39 is 19.1 Å². The van der Waals surface area contributed by atoms with Gasteiger partial charge in [0.1, 0.15) is 5.75 Å². The molecular formula is C22H28BNO5. The lowest BCUT2D eigenvalue weighted by molar-refractivity contribution is -0.138. The summed E-state index contributed by atoms with van der Waals surface area (Å²) in [6.45, 7) is 7.77. The second-order valence-electron chi connectivity index (χ2n) is 9.03. The lowest BCUT2D eigenvalue weighted by atomic mass is 9.54. The average molecular weight is 397 g/mol. The number of likely N-dealkylation sites (tertiary alicyclic amines) is 1. The van der Waals surface area contributed by atoms with Gasteiger partial charge in [-0.15, -0.1) is 0 Å². The number of hydrogen-bond donors (Lipinski definition) is 2. The van der Waals surface area contributed by atoms with Crippen LogP contribution < -0.4 is 0 Å². The maximum atomic E-state index is 12.9. The van der Waals surface area contributed by atoms with Crippen LogP contribution in [0.5, 0.6) is 5.75 Å². The molecular weight excluding hydrogens is 369 g/mol. The van der Waals surface area contributed by atoms with Gasteiger partial charge in [-0.1, -0.05) is 19.4 Å². The Morgan fingerprint density at radius 3 is 2.34 bits per heavy atom. The molecule has 6 nitrogen and oxygen atoms in total. The molecule has 0 bridgehead atoms. The Morgan fingerprint density at radius 1 is 1.14 bits per heavy atom. The number of nitrogens with zero attached hydrogens (tertiary/aromatic N) is 1. The van der Waals surface area contributed by atoms with Crippen molar-refractivity contribution >= 4 is 18.9 Å². The molecule has 0 saturated carbocycles. The minimum atomic E-state index is -1.10. The van der Waals surface area contributed by atoms with Gasteiger partial charge in [-0.25, -0.2) is 0 Å². The number of rotatable bonds is 2. The van der Waals surface area contributed by atoms with E-state index in [0.717, 1.165) is 27.7 Å². The van der Waals surface area contributed by atoms with Gasteiger partial charge in [0, 0.05) is 7.05 Å². The van der Waals surface area contributed by atoms with E-state index >= 15 is 0 Å². The Kier molecular flexibility index (Phi) is 4.86. The number of phenols is 1. The van der Waals surface area contributed by atoms with E-state index in [2.05, 4.69) is 13.8 Å². The number of imide groups is 1. The van der Waals surface area contributed by atoms with Crippen molar-refractivity contribution in [3.8, 4) is 5.75 Å². The van der Waals surface area contributed by atoms with E-state index in [0.29, 0.717) is 12.8 Å². The van der Waals surface area contributed by atoms with Crippen molar-refractivity contribution in [2.45, 2.75) is 46.6 Å². The maximum absolute atomic E-state index is 12.9. The fraction of sp³-hybridized carbons (Fsp3) is 0.545. The van der Waals surface area contributed by atoms with Crippen LogP contribution in [0.15, 0.2) is 23.2 Å². The summed E-state index contributed by atoms with van der Waals surface area (Å²) in [5, 5.41) is 21.0. The molecule has 2 fully saturated rings. The van der Waals surface area contributed by atoms with Gasteiger partial charge < -0.3 is 14.8 Å². The van der Waals surface area contributed by atoms with E-state index in [-0.39, 0.29) is 35.3 Å². The third kappa shape index (κ3) is 3.02. The highest BCUT2D eigenvalue weighted by atomic mass is 16.5. The van der Waals surface area contributed by atoms with Gasteiger partial charge in [-0.05, 0) is 72.8 Å². The average Bonchev–Trinajstić information content (AvgIpc) is 2.89. The third-order valence-electron chi connectivity index (χ3n) is 6.95. The number of carbonyl (C=O) groups excluding carboxylic acids is 2. The maximum Gasteiger partial charge on any atom is 0.487 e. The normalized spacial score (nSPS) is 29.6. The molecule has 3 aliphatic rings. The number of phenolic OH excluding ortho intramolecular Hbond substituents is 1. The molecule has 1 aromatic carbocycles. The lowest BCUT2D eigenvalue weighted by Gasteiger charge is -2.43. The number of aromatic hydroxyl groups is 1. The number of allylic oxidation sites excluding steroid dienone is 2. The van der Waals surface area contributed by atoms with E-state index in [4.69, 9.17) is 4.65 Å². The summed E-state index contributed by atoms with van der Waals surface area (Å²) in [4.78, 5) is 26.9. The molecule has 1 aromatic rings. The first-order valence-electron chi connectivity index (χ1n) is 10.3. The third-order valence-corrected chi connectivity index (χ3v) is 6.95. The molecule has 2 heterocycles. The second-order valence-corrected chi connectivity index (χ2v) is 9.03. The highest BCUT2D eigenvalue weighted by molar-refractivity contribution is 6.53. The Hall–Kier alpha value is -2.12. The molecule has 2 amide bonds. The Bertz CT molecular complexity index is 901. The summed E-state index contributed by atoms with van der Waals surface area (Å²) in [6, 6.07) is 3.73. The number of amides is 2. The van der Waals surface area contributed by atoms with Crippen molar-refractivity contribution in [1.82, 2.24) is 4.90 Å². The van der Waals surface area contributed by atoms with Crippen LogP contribution in [-0.2, 0) is 14.2 Å². The highest BCUT2D eigenvalue weighted by Gasteiger charge is 2.57. The Labute approximate surface area is 171 Å². The van der Waals surface area contributed by atoms with Crippen molar-refractivity contribution in [1.29, 1.82) is 0 Å². The summed E-state index contributed by atoms with van der Waals surface area (Å²) in [5.41, 5.74) is 4.19. The zero-order chi connectivity index (χ0) is 21.2. The minimum absolute atomic E-state index is 0.119. The molecule has 29 heavy (non-hydrogen) atoms. The monoisotopic (exact) mass is 397 g/mol. The molecule has 4 atom stereocenters. The van der Waals surface area contributed by atoms with Crippen LogP contribution in [0.3, 0.4) is 0 Å². The van der Waals surface area contributed by atoms with Crippen LogP contribution in [0.4, 0.5) is 0 Å². The lowest BCUT2D eigenvalue weighted by Crippen LogP contribution is -2.45. The molecule has 0 unspecified atom stereocenters. The van der Waals surface area contributed by atoms with Crippen molar-refractivity contribution in [3.63, 3.8) is 0 Å². The molecule has 0 radical (unpaired) electrons. The molecule has 7 heteroatoms. The fourth-order valence-corrected chi connectivity index (χ4v) is 5.45. The van der Waals surface area contributed by atoms with Crippen LogP contribution >= 0.6 is 0 Å². The largest absolute Gasteiger partial charge is 0.507 e.